The highest BCUT2D eigenvalue weighted by atomic mass is 32.2. The molecule has 1 atom stereocenters. The molecule has 6 aromatic carbocycles. The highest BCUT2D eigenvalue weighted by Gasteiger charge is 2.23. The first kappa shape index (κ1) is 36.4. The minimum atomic E-state index is -0.616. The fourth-order valence-corrected chi connectivity index (χ4v) is 6.84. The van der Waals surface area contributed by atoms with Crippen LogP contribution in [0.3, 0.4) is 0 Å². The number of oxazole rings is 1. The van der Waals surface area contributed by atoms with Crippen LogP contribution in [0.5, 0.6) is 0 Å². The van der Waals surface area contributed by atoms with Gasteiger partial charge in [-0.25, -0.2) is 4.98 Å². The molecular formula is C45H37N5O4S. The maximum atomic E-state index is 13.9. The molecule has 0 bridgehead atoms. The minimum absolute atomic E-state index is 0.0770. The van der Waals surface area contributed by atoms with Gasteiger partial charge in [-0.1, -0.05) is 78.9 Å². The molecule has 0 saturated heterocycles. The average Bonchev–Trinajstić information content (AvgIpc) is 3.65. The van der Waals surface area contributed by atoms with Crippen LogP contribution in [0.4, 0.5) is 17.1 Å². The average molecular weight is 744 g/mol. The molecule has 10 heteroatoms. The molecule has 3 N–H and O–H groups in total. The van der Waals surface area contributed by atoms with Gasteiger partial charge in [-0.05, 0) is 96.1 Å². The number of fused-ring (bicyclic) bond motifs is 1. The molecule has 55 heavy (non-hydrogen) atoms. The molecule has 3 amide bonds. The molecule has 0 spiro atoms. The van der Waals surface area contributed by atoms with E-state index in [1.54, 1.807) is 36.4 Å². The second-order valence-electron chi connectivity index (χ2n) is 12.8. The van der Waals surface area contributed by atoms with Gasteiger partial charge in [0.05, 0.1) is 0 Å². The molecule has 7 aromatic rings. The number of carbonyl (C=O) groups is 3. The Hall–Kier alpha value is -6.91. The fourth-order valence-electron chi connectivity index (χ4n) is 5.76. The van der Waals surface area contributed by atoms with Crippen molar-refractivity contribution in [3.8, 4) is 11.5 Å². The molecule has 0 aliphatic carbocycles. The van der Waals surface area contributed by atoms with E-state index in [0.29, 0.717) is 28.4 Å². The Kier molecular flexibility index (Phi) is 11.2. The maximum Gasteiger partial charge on any atom is 0.272 e. The van der Waals surface area contributed by atoms with Crippen LogP contribution in [-0.4, -0.2) is 36.8 Å². The van der Waals surface area contributed by atoms with Gasteiger partial charge in [0.1, 0.15) is 16.5 Å². The number of hydrogen-bond donors (Lipinski definition) is 3. The summed E-state index contributed by atoms with van der Waals surface area (Å²) in [5, 5.41) is 8.18. The quantitative estimate of drug-likeness (QED) is 0.0844. The topological polar surface area (TPSA) is 117 Å². The Bertz CT molecular complexity index is 2430. The monoisotopic (exact) mass is 743 g/mol. The van der Waals surface area contributed by atoms with E-state index < -0.39 is 17.1 Å². The minimum Gasteiger partial charge on any atom is -0.436 e. The smallest absolute Gasteiger partial charge is 0.272 e. The summed E-state index contributed by atoms with van der Waals surface area (Å²) in [4.78, 5) is 48.2. The molecule has 0 saturated carbocycles. The number of thioether (sulfide) groups is 1. The van der Waals surface area contributed by atoms with E-state index in [9.17, 15) is 14.4 Å². The van der Waals surface area contributed by atoms with Crippen molar-refractivity contribution in [2.24, 2.45) is 0 Å². The third-order valence-corrected chi connectivity index (χ3v) is 9.88. The predicted molar refractivity (Wildman–Crippen MR) is 221 cm³/mol. The van der Waals surface area contributed by atoms with Gasteiger partial charge in [0.15, 0.2) is 5.58 Å². The number of nitrogens with one attached hydrogen (secondary N) is 3. The zero-order valence-electron chi connectivity index (χ0n) is 30.1. The summed E-state index contributed by atoms with van der Waals surface area (Å²) in [7, 11) is 3.90. The molecule has 7 rings (SSSR count). The first-order chi connectivity index (χ1) is 26.8. The molecule has 0 aliphatic heterocycles. The van der Waals surface area contributed by atoms with Gasteiger partial charge < -0.3 is 25.3 Å². The molecule has 9 nitrogen and oxygen atoms in total. The summed E-state index contributed by atoms with van der Waals surface area (Å²) < 4.78 is 5.91. The van der Waals surface area contributed by atoms with Crippen molar-refractivity contribution in [1.82, 2.24) is 10.3 Å². The van der Waals surface area contributed by atoms with Crippen LogP contribution >= 0.6 is 11.8 Å². The number of aromatic nitrogens is 1. The number of benzene rings is 6. The molecular weight excluding hydrogens is 707 g/mol. The van der Waals surface area contributed by atoms with Crippen LogP contribution in [0.1, 0.15) is 26.7 Å². The van der Waals surface area contributed by atoms with Gasteiger partial charge in [-0.2, -0.15) is 0 Å². The fraction of sp³-hybridized carbons (Fsp3) is 0.0667. The van der Waals surface area contributed by atoms with Crippen LogP contribution < -0.4 is 20.9 Å². The van der Waals surface area contributed by atoms with Crippen LogP contribution in [0.15, 0.2) is 173 Å². The van der Waals surface area contributed by atoms with E-state index in [4.69, 9.17) is 4.42 Å². The summed E-state index contributed by atoms with van der Waals surface area (Å²) in [5.74, 6) is -0.617. The molecule has 1 aromatic heterocycles. The van der Waals surface area contributed by atoms with Crippen molar-refractivity contribution in [2.75, 3.05) is 29.6 Å². The van der Waals surface area contributed by atoms with Gasteiger partial charge >= 0.3 is 0 Å². The number of anilines is 3. The highest BCUT2D eigenvalue weighted by molar-refractivity contribution is 8.00. The van der Waals surface area contributed by atoms with Crippen LogP contribution in [0.2, 0.25) is 0 Å². The van der Waals surface area contributed by atoms with Crippen molar-refractivity contribution < 1.29 is 18.8 Å². The van der Waals surface area contributed by atoms with Gasteiger partial charge in [0, 0.05) is 47.2 Å². The first-order valence-corrected chi connectivity index (χ1v) is 18.4. The van der Waals surface area contributed by atoms with Crippen LogP contribution in [0, 0.1) is 0 Å². The lowest BCUT2D eigenvalue weighted by atomic mass is 10.1. The van der Waals surface area contributed by atoms with Gasteiger partial charge in [-0.15, -0.1) is 11.8 Å². The van der Waals surface area contributed by atoms with E-state index in [-0.39, 0.29) is 11.6 Å². The SMILES string of the molecule is CN(C)c1ccc(/C=C(/NC(=O)c2ccccc2)C(=O)Nc2cccc(SC(C(=O)Nc3ccc(-c4nc5ccccc5o4)cc3)c3ccccc3)c2)cc1. The summed E-state index contributed by atoms with van der Waals surface area (Å²) in [5.41, 5.74) is 6.46. The number of hydrogen-bond acceptors (Lipinski definition) is 7. The zero-order valence-corrected chi connectivity index (χ0v) is 30.9. The maximum absolute atomic E-state index is 13.9. The van der Waals surface area contributed by atoms with Crippen molar-refractivity contribution in [2.45, 2.75) is 10.1 Å². The van der Waals surface area contributed by atoms with Gasteiger partial charge in [-0.3, -0.25) is 14.4 Å². The Morgan fingerprint density at radius 2 is 1.40 bits per heavy atom. The number of amides is 3. The van der Waals surface area contributed by atoms with Crippen LogP contribution in [0.25, 0.3) is 28.6 Å². The van der Waals surface area contributed by atoms with E-state index in [0.717, 1.165) is 32.8 Å². The van der Waals surface area contributed by atoms with Gasteiger partial charge in [0.25, 0.3) is 11.8 Å². The largest absolute Gasteiger partial charge is 0.436 e. The molecule has 0 aliphatic rings. The van der Waals surface area contributed by atoms with E-state index in [1.165, 1.54) is 11.8 Å². The first-order valence-electron chi connectivity index (χ1n) is 17.5. The van der Waals surface area contributed by atoms with E-state index >= 15 is 0 Å². The van der Waals surface area contributed by atoms with E-state index in [2.05, 4.69) is 20.9 Å². The number of nitrogens with zero attached hydrogens (tertiary/aromatic N) is 2. The lowest BCUT2D eigenvalue weighted by Gasteiger charge is -2.18. The van der Waals surface area contributed by atoms with E-state index in [1.807, 2.05) is 146 Å². The summed E-state index contributed by atoms with van der Waals surface area (Å²) in [6.07, 6.45) is 1.64. The standard InChI is InChI=1S/C45H37N5O4S/c1-50(2)36-26-20-30(21-27-36)28-39(48-42(51)32-14-7-4-8-15-32)43(52)47-35-16-11-17-37(29-35)55-41(31-12-5-3-6-13-31)44(53)46-34-24-22-33(23-25-34)45-49-38-18-9-10-19-40(38)54-45/h3-29,41H,1-2H3,(H,46,53)(H,47,52)(H,48,51)/b39-28+. The van der Waals surface area contributed by atoms with Crippen molar-refractivity contribution >= 4 is 63.7 Å². The van der Waals surface area contributed by atoms with Crippen molar-refractivity contribution in [1.29, 1.82) is 0 Å². The summed E-state index contributed by atoms with van der Waals surface area (Å²) in [6.45, 7) is 0. The summed E-state index contributed by atoms with van der Waals surface area (Å²) in [6, 6.07) is 48.1. The molecule has 272 valence electrons. The Balaban J connectivity index is 1.09. The number of para-hydroxylation sites is 2. The highest BCUT2D eigenvalue weighted by Crippen LogP contribution is 2.37. The second-order valence-corrected chi connectivity index (χ2v) is 14.0. The molecule has 1 heterocycles. The Labute approximate surface area is 323 Å². The van der Waals surface area contributed by atoms with Gasteiger partial charge in [0.2, 0.25) is 11.8 Å². The van der Waals surface area contributed by atoms with Crippen molar-refractivity contribution in [3.63, 3.8) is 0 Å². The molecule has 1 unspecified atom stereocenters. The molecule has 0 fully saturated rings. The van der Waals surface area contributed by atoms with Crippen molar-refractivity contribution in [3.05, 3.63) is 180 Å². The predicted octanol–water partition coefficient (Wildman–Crippen LogP) is 9.44. The third-order valence-electron chi connectivity index (χ3n) is 8.63. The summed E-state index contributed by atoms with van der Waals surface area (Å²) >= 11 is 1.36. The third kappa shape index (κ3) is 9.19. The van der Waals surface area contributed by atoms with Crippen LogP contribution in [-0.2, 0) is 9.59 Å². The second kappa shape index (κ2) is 16.8. The number of rotatable bonds is 12. The normalized spacial score (nSPS) is 11.8. The lowest BCUT2D eigenvalue weighted by Crippen LogP contribution is -2.30. The molecule has 0 radical (unpaired) electrons. The number of carbonyl (C=O) groups excluding carboxylic acids is 3. The zero-order chi connectivity index (χ0) is 38.1. The Morgan fingerprint density at radius 1 is 0.709 bits per heavy atom. The Morgan fingerprint density at radius 3 is 2.11 bits per heavy atom. The lowest BCUT2D eigenvalue weighted by molar-refractivity contribution is -0.116.